The predicted molar refractivity (Wildman–Crippen MR) is 113 cm³/mol. The van der Waals surface area contributed by atoms with E-state index >= 15 is 8.78 Å². The van der Waals surface area contributed by atoms with E-state index in [2.05, 4.69) is 10.1 Å². The molecule has 1 fully saturated rings. The molecule has 0 bridgehead atoms. The number of amides is 2. The Kier molecular flexibility index (Phi) is 7.06. The lowest BCUT2D eigenvalue weighted by Crippen LogP contribution is -2.40. The van der Waals surface area contributed by atoms with Crippen molar-refractivity contribution in [2.24, 2.45) is 0 Å². The van der Waals surface area contributed by atoms with Gasteiger partial charge in [-0.1, -0.05) is 0 Å². The van der Waals surface area contributed by atoms with Gasteiger partial charge in [0.2, 0.25) is 0 Å². The number of likely N-dealkylation sites (tertiary alicyclic amines) is 1. The second-order valence-corrected chi connectivity index (χ2v) is 9.51. The fourth-order valence-corrected chi connectivity index (χ4v) is 3.24. The molecule has 1 aliphatic rings. The average molecular weight is 456 g/mol. The second kappa shape index (κ2) is 8.91. The molecule has 0 radical (unpaired) electrons. The van der Waals surface area contributed by atoms with Gasteiger partial charge < -0.3 is 14.2 Å². The molecule has 10 heteroatoms. The van der Waals surface area contributed by atoms with Gasteiger partial charge in [-0.3, -0.25) is 10.2 Å². The van der Waals surface area contributed by atoms with Crippen LogP contribution in [0.5, 0.6) is 0 Å². The van der Waals surface area contributed by atoms with Gasteiger partial charge in [0.05, 0.1) is 12.7 Å². The van der Waals surface area contributed by atoms with Crippen LogP contribution >= 0.6 is 0 Å². The first-order valence-electron chi connectivity index (χ1n) is 10.1. The van der Waals surface area contributed by atoms with Gasteiger partial charge in [-0.2, -0.15) is 0 Å². The third kappa shape index (κ3) is 6.30. The lowest BCUT2D eigenvalue weighted by Gasteiger charge is -2.31. The standard InChI is InChI=1S/C22H30F2N2O6/c1-20(2,3)31-18(28)25-15-9-8-13(17(27)30-7)12-14(15)16-22(23,24)10-11-26(16)19(29)32-21(4,5)6/h8-9,12,16H,10-11H2,1-7H3,(H,25,28)/t16-/m1/s1. The van der Waals surface area contributed by atoms with Crippen molar-refractivity contribution < 1.29 is 37.4 Å². The number of carbonyl (C=O) groups is 3. The number of anilines is 1. The summed E-state index contributed by atoms with van der Waals surface area (Å²) in [6, 6.07) is 2.03. The largest absolute Gasteiger partial charge is 0.465 e. The topological polar surface area (TPSA) is 94.2 Å². The number of nitrogens with zero attached hydrogens (tertiary/aromatic N) is 1. The molecule has 8 nitrogen and oxygen atoms in total. The summed E-state index contributed by atoms with van der Waals surface area (Å²) < 4.78 is 45.3. The molecule has 0 saturated carbocycles. The van der Waals surface area contributed by atoms with E-state index in [-0.39, 0.29) is 23.4 Å². The van der Waals surface area contributed by atoms with Crippen molar-refractivity contribution in [1.82, 2.24) is 4.90 Å². The van der Waals surface area contributed by atoms with Crippen molar-refractivity contribution in [3.05, 3.63) is 29.3 Å². The second-order valence-electron chi connectivity index (χ2n) is 9.51. The van der Waals surface area contributed by atoms with Gasteiger partial charge in [0.1, 0.15) is 17.2 Å². The van der Waals surface area contributed by atoms with E-state index in [0.717, 1.165) is 12.0 Å². The van der Waals surface area contributed by atoms with Gasteiger partial charge in [-0.25, -0.2) is 23.2 Å². The molecule has 1 heterocycles. The molecule has 0 spiro atoms. The molecule has 1 atom stereocenters. The minimum Gasteiger partial charge on any atom is -0.465 e. The van der Waals surface area contributed by atoms with Crippen LogP contribution in [0.25, 0.3) is 0 Å². The van der Waals surface area contributed by atoms with E-state index in [1.54, 1.807) is 41.5 Å². The summed E-state index contributed by atoms with van der Waals surface area (Å²) in [6.07, 6.45) is -2.40. The Hall–Kier alpha value is -2.91. The van der Waals surface area contributed by atoms with E-state index in [1.165, 1.54) is 18.2 Å². The van der Waals surface area contributed by atoms with Crippen molar-refractivity contribution in [1.29, 1.82) is 0 Å². The molecule has 2 rings (SSSR count). The molecular weight excluding hydrogens is 426 g/mol. The molecule has 0 aliphatic carbocycles. The maximum Gasteiger partial charge on any atom is 0.412 e. The lowest BCUT2D eigenvalue weighted by atomic mass is 9.97. The van der Waals surface area contributed by atoms with Crippen LogP contribution in [-0.2, 0) is 14.2 Å². The molecule has 178 valence electrons. The normalized spacial score (nSPS) is 18.2. The minimum absolute atomic E-state index is 0.0101. The van der Waals surface area contributed by atoms with Gasteiger partial charge in [0.25, 0.3) is 5.92 Å². The fourth-order valence-electron chi connectivity index (χ4n) is 3.24. The maximum atomic E-state index is 15.0. The van der Waals surface area contributed by atoms with Gasteiger partial charge in [-0.05, 0) is 59.7 Å². The average Bonchev–Trinajstić information content (AvgIpc) is 2.93. The molecule has 1 saturated heterocycles. The molecular formula is C22H30F2N2O6. The molecule has 1 N–H and O–H groups in total. The summed E-state index contributed by atoms with van der Waals surface area (Å²) >= 11 is 0. The van der Waals surface area contributed by atoms with E-state index in [4.69, 9.17) is 9.47 Å². The maximum absolute atomic E-state index is 15.0. The first kappa shape index (κ1) is 25.4. The summed E-state index contributed by atoms with van der Waals surface area (Å²) in [5.41, 5.74) is -1.88. The summed E-state index contributed by atoms with van der Waals surface area (Å²) in [5, 5.41) is 2.45. The van der Waals surface area contributed by atoms with Gasteiger partial charge in [-0.15, -0.1) is 0 Å². The number of rotatable bonds is 3. The Morgan fingerprint density at radius 2 is 1.66 bits per heavy atom. The molecule has 1 aromatic rings. The Labute approximate surface area is 186 Å². The lowest BCUT2D eigenvalue weighted by molar-refractivity contribution is -0.0416. The highest BCUT2D eigenvalue weighted by molar-refractivity contribution is 5.92. The number of ether oxygens (including phenoxy) is 3. The van der Waals surface area contributed by atoms with Crippen LogP contribution in [0.4, 0.5) is 24.1 Å². The molecule has 32 heavy (non-hydrogen) atoms. The zero-order chi connectivity index (χ0) is 24.5. The Bertz CT molecular complexity index is 889. The van der Waals surface area contributed by atoms with Gasteiger partial charge in [0, 0.05) is 24.2 Å². The number of esters is 1. The van der Waals surface area contributed by atoms with E-state index in [9.17, 15) is 14.4 Å². The molecule has 0 aromatic heterocycles. The number of benzene rings is 1. The highest BCUT2D eigenvalue weighted by Crippen LogP contribution is 2.47. The van der Waals surface area contributed by atoms with Crippen molar-refractivity contribution in [3.63, 3.8) is 0 Å². The monoisotopic (exact) mass is 456 g/mol. The zero-order valence-corrected chi connectivity index (χ0v) is 19.4. The van der Waals surface area contributed by atoms with E-state index < -0.39 is 47.7 Å². The van der Waals surface area contributed by atoms with Crippen LogP contribution in [0, 0.1) is 0 Å². The molecule has 1 aromatic carbocycles. The Balaban J connectivity index is 2.54. The summed E-state index contributed by atoms with van der Waals surface area (Å²) in [5.74, 6) is -4.09. The number of hydrogen-bond donors (Lipinski definition) is 1. The fraction of sp³-hybridized carbons (Fsp3) is 0.591. The summed E-state index contributed by atoms with van der Waals surface area (Å²) in [6.45, 7) is 9.58. The predicted octanol–water partition coefficient (Wildman–Crippen LogP) is 5.14. The number of methoxy groups -OCH3 is 1. The van der Waals surface area contributed by atoms with Crippen LogP contribution in [0.2, 0.25) is 0 Å². The molecule has 0 unspecified atom stereocenters. The quantitative estimate of drug-likeness (QED) is 0.500. The highest BCUT2D eigenvalue weighted by Gasteiger charge is 2.53. The number of alkyl halides is 2. The number of nitrogens with one attached hydrogen (secondary N) is 1. The number of hydrogen-bond acceptors (Lipinski definition) is 6. The first-order chi connectivity index (χ1) is 14.5. The third-order valence-electron chi connectivity index (χ3n) is 4.43. The van der Waals surface area contributed by atoms with Crippen molar-refractivity contribution in [2.75, 3.05) is 19.0 Å². The van der Waals surface area contributed by atoms with Gasteiger partial charge in [0.15, 0.2) is 0 Å². The van der Waals surface area contributed by atoms with Gasteiger partial charge >= 0.3 is 18.2 Å². The Morgan fingerprint density at radius 3 is 2.19 bits per heavy atom. The van der Waals surface area contributed by atoms with Crippen molar-refractivity contribution in [3.8, 4) is 0 Å². The van der Waals surface area contributed by atoms with E-state index in [1.807, 2.05) is 0 Å². The van der Waals surface area contributed by atoms with E-state index in [0.29, 0.717) is 0 Å². The third-order valence-corrected chi connectivity index (χ3v) is 4.43. The summed E-state index contributed by atoms with van der Waals surface area (Å²) in [4.78, 5) is 38.0. The van der Waals surface area contributed by atoms with Crippen molar-refractivity contribution >= 4 is 23.8 Å². The van der Waals surface area contributed by atoms with Crippen LogP contribution in [0.15, 0.2) is 18.2 Å². The van der Waals surface area contributed by atoms with Crippen LogP contribution < -0.4 is 5.32 Å². The zero-order valence-electron chi connectivity index (χ0n) is 19.4. The molecule has 2 amide bonds. The minimum atomic E-state index is -3.34. The number of halogens is 2. The first-order valence-corrected chi connectivity index (χ1v) is 10.1. The van der Waals surface area contributed by atoms with Crippen LogP contribution in [0.1, 0.15) is 69.9 Å². The molecule has 1 aliphatic heterocycles. The van der Waals surface area contributed by atoms with Crippen LogP contribution in [-0.4, -0.2) is 53.8 Å². The SMILES string of the molecule is COC(=O)c1ccc(NC(=O)OC(C)(C)C)c([C@H]2N(C(=O)OC(C)(C)C)CCC2(F)F)c1. The van der Waals surface area contributed by atoms with Crippen LogP contribution in [0.3, 0.4) is 0 Å². The Morgan fingerprint density at radius 1 is 1.06 bits per heavy atom. The number of carbonyl (C=O) groups excluding carboxylic acids is 3. The smallest absolute Gasteiger partial charge is 0.412 e. The highest BCUT2D eigenvalue weighted by atomic mass is 19.3. The summed E-state index contributed by atoms with van der Waals surface area (Å²) in [7, 11) is 1.16. The van der Waals surface area contributed by atoms with Crippen molar-refractivity contribution in [2.45, 2.75) is 71.1 Å².